The zero-order valence-electron chi connectivity index (χ0n) is 10.4. The molecule has 1 aromatic rings. The fourth-order valence-electron chi connectivity index (χ4n) is 1.42. The van der Waals surface area contributed by atoms with Gasteiger partial charge in [0.25, 0.3) is 0 Å². The van der Waals surface area contributed by atoms with Gasteiger partial charge in [-0.15, -0.1) is 0 Å². The summed E-state index contributed by atoms with van der Waals surface area (Å²) in [7, 11) is 0. The van der Waals surface area contributed by atoms with Gasteiger partial charge in [0.2, 0.25) is 0 Å². The Morgan fingerprint density at radius 2 is 2.24 bits per heavy atom. The lowest BCUT2D eigenvalue weighted by Crippen LogP contribution is -2.09. The third-order valence-corrected chi connectivity index (χ3v) is 3.45. The second kappa shape index (κ2) is 7.22. The Hall–Kier alpha value is -1.16. The van der Waals surface area contributed by atoms with E-state index in [1.54, 1.807) is 18.2 Å². The standard InChI is InChI=1S/C13H19NO2S/c1-3-17-9-5-8-16-13(15)11-6-4-7-12(14)10(11)2/h4,6-7H,3,5,8-9,14H2,1-2H3. The number of carbonyl (C=O) groups excluding carboxylic acids is 1. The molecule has 0 heterocycles. The van der Waals surface area contributed by atoms with E-state index >= 15 is 0 Å². The Balaban J connectivity index is 2.44. The minimum absolute atomic E-state index is 0.281. The van der Waals surface area contributed by atoms with Crippen molar-refractivity contribution in [3.05, 3.63) is 29.3 Å². The van der Waals surface area contributed by atoms with E-state index in [0.717, 1.165) is 23.5 Å². The van der Waals surface area contributed by atoms with Crippen molar-refractivity contribution in [1.29, 1.82) is 0 Å². The van der Waals surface area contributed by atoms with Gasteiger partial charge in [-0.2, -0.15) is 11.8 Å². The number of thioether (sulfide) groups is 1. The normalized spacial score (nSPS) is 10.2. The van der Waals surface area contributed by atoms with Crippen molar-refractivity contribution in [2.75, 3.05) is 23.8 Å². The van der Waals surface area contributed by atoms with Crippen molar-refractivity contribution >= 4 is 23.4 Å². The van der Waals surface area contributed by atoms with Crippen molar-refractivity contribution in [3.8, 4) is 0 Å². The largest absolute Gasteiger partial charge is 0.462 e. The summed E-state index contributed by atoms with van der Waals surface area (Å²) in [6, 6.07) is 5.30. The molecule has 0 amide bonds. The first kappa shape index (κ1) is 13.9. The van der Waals surface area contributed by atoms with E-state index in [2.05, 4.69) is 6.92 Å². The lowest BCUT2D eigenvalue weighted by molar-refractivity contribution is 0.0505. The first-order valence-corrected chi connectivity index (χ1v) is 6.92. The molecule has 0 saturated heterocycles. The van der Waals surface area contributed by atoms with Crippen LogP contribution in [0.15, 0.2) is 18.2 Å². The number of nitrogens with two attached hydrogens (primary N) is 1. The van der Waals surface area contributed by atoms with Crippen LogP contribution in [0.3, 0.4) is 0 Å². The molecule has 94 valence electrons. The molecule has 4 heteroatoms. The van der Waals surface area contributed by atoms with Crippen LogP contribution in [0.1, 0.15) is 29.3 Å². The zero-order valence-corrected chi connectivity index (χ0v) is 11.2. The van der Waals surface area contributed by atoms with Gasteiger partial charge >= 0.3 is 5.97 Å². The lowest BCUT2D eigenvalue weighted by atomic mass is 10.1. The molecule has 0 bridgehead atoms. The van der Waals surface area contributed by atoms with E-state index in [1.807, 2.05) is 18.7 Å². The summed E-state index contributed by atoms with van der Waals surface area (Å²) < 4.78 is 5.20. The maximum atomic E-state index is 11.8. The quantitative estimate of drug-likeness (QED) is 0.481. The fraction of sp³-hybridized carbons (Fsp3) is 0.462. The van der Waals surface area contributed by atoms with Gasteiger partial charge in [0, 0.05) is 5.69 Å². The van der Waals surface area contributed by atoms with Crippen LogP contribution in [-0.4, -0.2) is 24.1 Å². The average molecular weight is 253 g/mol. The molecular weight excluding hydrogens is 234 g/mol. The summed E-state index contributed by atoms with van der Waals surface area (Å²) in [5.74, 6) is 1.85. The topological polar surface area (TPSA) is 52.3 Å². The monoisotopic (exact) mass is 253 g/mol. The predicted molar refractivity (Wildman–Crippen MR) is 73.5 cm³/mol. The molecular formula is C13H19NO2S. The van der Waals surface area contributed by atoms with E-state index < -0.39 is 0 Å². The molecule has 17 heavy (non-hydrogen) atoms. The van der Waals surface area contributed by atoms with Gasteiger partial charge in [-0.25, -0.2) is 4.79 Å². The SMILES string of the molecule is CCSCCCOC(=O)c1cccc(N)c1C. The molecule has 3 nitrogen and oxygen atoms in total. The van der Waals surface area contributed by atoms with Crippen molar-refractivity contribution in [2.45, 2.75) is 20.3 Å². The van der Waals surface area contributed by atoms with Crippen LogP contribution in [0, 0.1) is 6.92 Å². The number of hydrogen-bond acceptors (Lipinski definition) is 4. The van der Waals surface area contributed by atoms with Crippen molar-refractivity contribution in [2.24, 2.45) is 0 Å². The van der Waals surface area contributed by atoms with E-state index in [1.165, 1.54) is 0 Å². The fourth-order valence-corrected chi connectivity index (χ4v) is 2.03. The van der Waals surface area contributed by atoms with Gasteiger partial charge in [-0.05, 0) is 42.5 Å². The zero-order chi connectivity index (χ0) is 12.7. The Morgan fingerprint density at radius 1 is 1.47 bits per heavy atom. The Kier molecular flexibility index (Phi) is 5.91. The minimum Gasteiger partial charge on any atom is -0.462 e. The number of benzene rings is 1. The van der Waals surface area contributed by atoms with Gasteiger partial charge in [-0.1, -0.05) is 13.0 Å². The van der Waals surface area contributed by atoms with Crippen LogP contribution in [0.5, 0.6) is 0 Å². The average Bonchev–Trinajstić information content (AvgIpc) is 2.32. The number of rotatable bonds is 6. The molecule has 1 aromatic carbocycles. The smallest absolute Gasteiger partial charge is 0.338 e. The number of esters is 1. The number of anilines is 1. The van der Waals surface area contributed by atoms with Gasteiger partial charge in [0.05, 0.1) is 12.2 Å². The van der Waals surface area contributed by atoms with Gasteiger partial charge in [0.1, 0.15) is 0 Å². The summed E-state index contributed by atoms with van der Waals surface area (Å²) in [5.41, 5.74) is 7.72. The maximum Gasteiger partial charge on any atom is 0.338 e. The Morgan fingerprint density at radius 3 is 2.94 bits per heavy atom. The minimum atomic E-state index is -0.281. The summed E-state index contributed by atoms with van der Waals surface area (Å²) in [4.78, 5) is 11.8. The number of carbonyl (C=O) groups is 1. The molecule has 1 rings (SSSR count). The molecule has 0 aliphatic heterocycles. The third kappa shape index (κ3) is 4.30. The van der Waals surface area contributed by atoms with E-state index in [4.69, 9.17) is 10.5 Å². The molecule has 0 radical (unpaired) electrons. The predicted octanol–water partition coefficient (Wildman–Crippen LogP) is 2.88. The maximum absolute atomic E-state index is 11.8. The van der Waals surface area contributed by atoms with Gasteiger partial charge < -0.3 is 10.5 Å². The second-order valence-electron chi connectivity index (χ2n) is 3.71. The van der Waals surface area contributed by atoms with Crippen LogP contribution in [0.2, 0.25) is 0 Å². The van der Waals surface area contributed by atoms with Crippen molar-refractivity contribution in [3.63, 3.8) is 0 Å². The first-order valence-electron chi connectivity index (χ1n) is 5.76. The van der Waals surface area contributed by atoms with Crippen LogP contribution in [-0.2, 0) is 4.74 Å². The van der Waals surface area contributed by atoms with Crippen LogP contribution >= 0.6 is 11.8 Å². The lowest BCUT2D eigenvalue weighted by Gasteiger charge is -2.08. The molecule has 0 fully saturated rings. The molecule has 0 spiro atoms. The summed E-state index contributed by atoms with van der Waals surface area (Å²) >= 11 is 1.85. The molecule has 0 aromatic heterocycles. The highest BCUT2D eigenvalue weighted by Crippen LogP contribution is 2.16. The van der Waals surface area contributed by atoms with Gasteiger partial charge in [-0.3, -0.25) is 0 Å². The van der Waals surface area contributed by atoms with Crippen molar-refractivity contribution < 1.29 is 9.53 Å². The molecule has 0 atom stereocenters. The molecule has 0 aliphatic rings. The van der Waals surface area contributed by atoms with Crippen LogP contribution in [0.4, 0.5) is 5.69 Å². The van der Waals surface area contributed by atoms with Gasteiger partial charge in [0.15, 0.2) is 0 Å². The summed E-state index contributed by atoms with van der Waals surface area (Å²) in [6.07, 6.45) is 0.894. The number of hydrogen-bond donors (Lipinski definition) is 1. The highest BCUT2D eigenvalue weighted by Gasteiger charge is 2.11. The van der Waals surface area contributed by atoms with Crippen LogP contribution < -0.4 is 5.73 Å². The summed E-state index contributed by atoms with van der Waals surface area (Å²) in [6.45, 7) is 4.42. The van der Waals surface area contributed by atoms with Crippen molar-refractivity contribution in [1.82, 2.24) is 0 Å². The van der Waals surface area contributed by atoms with Crippen LogP contribution in [0.25, 0.3) is 0 Å². The second-order valence-corrected chi connectivity index (χ2v) is 5.10. The Bertz CT molecular complexity index is 380. The number of nitrogen functional groups attached to an aromatic ring is 1. The van der Waals surface area contributed by atoms with E-state index in [9.17, 15) is 4.79 Å². The van der Waals surface area contributed by atoms with E-state index in [0.29, 0.717) is 17.9 Å². The first-order chi connectivity index (χ1) is 8.16. The van der Waals surface area contributed by atoms with E-state index in [-0.39, 0.29) is 5.97 Å². The molecule has 0 aliphatic carbocycles. The number of ether oxygens (including phenoxy) is 1. The third-order valence-electron chi connectivity index (χ3n) is 2.47. The molecule has 2 N–H and O–H groups in total. The summed E-state index contributed by atoms with van der Waals surface area (Å²) in [5, 5.41) is 0. The molecule has 0 saturated carbocycles. The Labute approximate surface area is 107 Å². The molecule has 0 unspecified atom stereocenters. The highest BCUT2D eigenvalue weighted by atomic mass is 32.2. The highest BCUT2D eigenvalue weighted by molar-refractivity contribution is 7.99.